The molecule has 0 saturated heterocycles. The van der Waals surface area contributed by atoms with E-state index in [-0.39, 0.29) is 11.3 Å². The number of methoxy groups -OCH3 is 1. The van der Waals surface area contributed by atoms with Crippen LogP contribution in [0.5, 0.6) is 5.75 Å². The van der Waals surface area contributed by atoms with Crippen molar-refractivity contribution in [3.63, 3.8) is 0 Å². The van der Waals surface area contributed by atoms with Crippen molar-refractivity contribution in [2.45, 2.75) is 19.4 Å². The number of aliphatic carboxylic acids is 1. The summed E-state index contributed by atoms with van der Waals surface area (Å²) in [7, 11) is 1.29. The number of hydrogen-bond acceptors (Lipinski definition) is 3. The highest BCUT2D eigenvalue weighted by atomic mass is 19.1. The van der Waals surface area contributed by atoms with Crippen LogP contribution in [0.3, 0.4) is 0 Å². The molecule has 0 bridgehead atoms. The van der Waals surface area contributed by atoms with Crippen molar-refractivity contribution in [3.05, 3.63) is 29.1 Å². The Balaban J connectivity index is 3.29. The van der Waals surface area contributed by atoms with Crippen LogP contribution < -0.4 is 4.74 Å². The number of aliphatic hydroxyl groups is 1. The highest BCUT2D eigenvalue weighted by Crippen LogP contribution is 2.28. The topological polar surface area (TPSA) is 66.8 Å². The molecular weight excluding hydrogens is 215 g/mol. The van der Waals surface area contributed by atoms with Crippen LogP contribution in [-0.2, 0) is 11.2 Å². The summed E-state index contributed by atoms with van der Waals surface area (Å²) in [6.07, 6.45) is -1.30. The van der Waals surface area contributed by atoms with Gasteiger partial charge >= 0.3 is 5.97 Å². The minimum atomic E-state index is -1.71. The third-order valence-corrected chi connectivity index (χ3v) is 2.31. The highest BCUT2D eigenvalue weighted by molar-refractivity contribution is 5.75. The molecule has 1 unspecified atom stereocenters. The molecule has 1 rings (SSSR count). The average molecular weight is 228 g/mol. The first-order chi connectivity index (χ1) is 7.51. The maximum atomic E-state index is 13.4. The molecule has 2 N–H and O–H groups in total. The number of hydrogen-bond donors (Lipinski definition) is 2. The fraction of sp³-hybridized carbons (Fsp3) is 0.364. The molecule has 0 spiro atoms. The molecule has 0 amide bonds. The van der Waals surface area contributed by atoms with E-state index in [0.717, 1.165) is 6.07 Å². The molecule has 5 heteroatoms. The Morgan fingerprint density at radius 1 is 1.56 bits per heavy atom. The van der Waals surface area contributed by atoms with E-state index in [1.807, 2.05) is 0 Å². The van der Waals surface area contributed by atoms with Gasteiger partial charge in [0.2, 0.25) is 0 Å². The van der Waals surface area contributed by atoms with Gasteiger partial charge in [-0.05, 0) is 18.1 Å². The molecule has 1 aromatic rings. The van der Waals surface area contributed by atoms with Gasteiger partial charge < -0.3 is 14.9 Å². The van der Waals surface area contributed by atoms with Crippen LogP contribution >= 0.6 is 0 Å². The lowest BCUT2D eigenvalue weighted by molar-refractivity contribution is -0.147. The fourth-order valence-electron chi connectivity index (χ4n) is 1.41. The lowest BCUT2D eigenvalue weighted by Crippen LogP contribution is -2.12. The monoisotopic (exact) mass is 228 g/mol. The van der Waals surface area contributed by atoms with Crippen molar-refractivity contribution < 1.29 is 24.1 Å². The highest BCUT2D eigenvalue weighted by Gasteiger charge is 2.22. The summed E-state index contributed by atoms with van der Waals surface area (Å²) in [5, 5.41) is 18.1. The number of carbonyl (C=O) groups is 1. The van der Waals surface area contributed by atoms with E-state index < -0.39 is 17.9 Å². The zero-order valence-corrected chi connectivity index (χ0v) is 9.03. The maximum Gasteiger partial charge on any atom is 0.337 e. The van der Waals surface area contributed by atoms with Gasteiger partial charge in [0.05, 0.1) is 7.11 Å². The Hall–Kier alpha value is -1.62. The van der Waals surface area contributed by atoms with Crippen molar-refractivity contribution in [1.82, 2.24) is 0 Å². The van der Waals surface area contributed by atoms with Crippen molar-refractivity contribution in [1.29, 1.82) is 0 Å². The standard InChI is InChI=1S/C11H13FO4/c1-3-6-4-7(10(13)11(14)15)9(16-2)5-8(6)12/h4-5,10,13H,3H2,1-2H3,(H,14,15). The van der Waals surface area contributed by atoms with E-state index >= 15 is 0 Å². The second-order valence-corrected chi connectivity index (χ2v) is 3.28. The number of halogens is 1. The summed E-state index contributed by atoms with van der Waals surface area (Å²) >= 11 is 0. The zero-order chi connectivity index (χ0) is 12.3. The number of benzene rings is 1. The number of aryl methyl sites for hydroxylation is 1. The van der Waals surface area contributed by atoms with Gasteiger partial charge in [0.15, 0.2) is 6.10 Å². The van der Waals surface area contributed by atoms with Crippen LogP contribution in [0, 0.1) is 5.82 Å². The zero-order valence-electron chi connectivity index (χ0n) is 9.03. The second-order valence-electron chi connectivity index (χ2n) is 3.28. The first-order valence-corrected chi connectivity index (χ1v) is 4.78. The summed E-state index contributed by atoms with van der Waals surface area (Å²) < 4.78 is 18.2. The largest absolute Gasteiger partial charge is 0.496 e. The summed E-state index contributed by atoms with van der Waals surface area (Å²) in [6.45, 7) is 1.74. The molecule has 0 heterocycles. The Labute approximate surface area is 92.3 Å². The molecule has 0 fully saturated rings. The molecule has 0 saturated carbocycles. The summed E-state index contributed by atoms with van der Waals surface area (Å²) in [4.78, 5) is 10.7. The van der Waals surface area contributed by atoms with Gasteiger partial charge in [-0.3, -0.25) is 0 Å². The first-order valence-electron chi connectivity index (χ1n) is 4.78. The average Bonchev–Trinajstić information content (AvgIpc) is 2.27. The van der Waals surface area contributed by atoms with Gasteiger partial charge in [-0.15, -0.1) is 0 Å². The molecule has 4 nitrogen and oxygen atoms in total. The summed E-state index contributed by atoms with van der Waals surface area (Å²) in [6, 6.07) is 2.40. The van der Waals surface area contributed by atoms with Crippen molar-refractivity contribution in [2.75, 3.05) is 7.11 Å². The van der Waals surface area contributed by atoms with Gasteiger partial charge in [-0.1, -0.05) is 6.92 Å². The Bertz CT molecular complexity index is 403. The quantitative estimate of drug-likeness (QED) is 0.819. The third-order valence-electron chi connectivity index (χ3n) is 2.31. The molecule has 1 aromatic carbocycles. The summed E-state index contributed by atoms with van der Waals surface area (Å²) in [5.74, 6) is -1.84. The molecule has 0 aromatic heterocycles. The predicted molar refractivity (Wildman–Crippen MR) is 54.9 cm³/mol. The van der Waals surface area contributed by atoms with E-state index in [0.29, 0.717) is 12.0 Å². The minimum Gasteiger partial charge on any atom is -0.496 e. The van der Waals surface area contributed by atoms with Crippen LogP contribution in [0.25, 0.3) is 0 Å². The molecule has 0 aliphatic heterocycles. The van der Waals surface area contributed by atoms with Crippen molar-refractivity contribution in [2.24, 2.45) is 0 Å². The van der Waals surface area contributed by atoms with Crippen LogP contribution in [-0.4, -0.2) is 23.3 Å². The Kier molecular flexibility index (Phi) is 3.84. The second kappa shape index (κ2) is 4.94. The normalized spacial score (nSPS) is 12.2. The van der Waals surface area contributed by atoms with Gasteiger partial charge in [0.1, 0.15) is 11.6 Å². The van der Waals surface area contributed by atoms with Gasteiger partial charge in [0, 0.05) is 11.6 Å². The predicted octanol–water partition coefficient (Wildman–Crippen LogP) is 1.51. The molecule has 0 aliphatic rings. The van der Waals surface area contributed by atoms with E-state index in [1.54, 1.807) is 6.92 Å². The van der Waals surface area contributed by atoms with Crippen LogP contribution in [0.2, 0.25) is 0 Å². The smallest absolute Gasteiger partial charge is 0.337 e. The number of carboxylic acids is 1. The molecule has 0 radical (unpaired) electrons. The molecule has 88 valence electrons. The van der Waals surface area contributed by atoms with E-state index in [4.69, 9.17) is 9.84 Å². The van der Waals surface area contributed by atoms with E-state index in [1.165, 1.54) is 13.2 Å². The minimum absolute atomic E-state index is 0.0320. The van der Waals surface area contributed by atoms with E-state index in [9.17, 15) is 14.3 Å². The number of carboxylic acid groups (broad SMARTS) is 1. The van der Waals surface area contributed by atoms with Crippen LogP contribution in [0.4, 0.5) is 4.39 Å². The molecule has 0 aliphatic carbocycles. The number of ether oxygens (including phenoxy) is 1. The molecular formula is C11H13FO4. The lowest BCUT2D eigenvalue weighted by Gasteiger charge is -2.13. The van der Waals surface area contributed by atoms with Crippen LogP contribution in [0.1, 0.15) is 24.2 Å². The Morgan fingerprint density at radius 2 is 2.19 bits per heavy atom. The van der Waals surface area contributed by atoms with Gasteiger partial charge in [-0.25, -0.2) is 9.18 Å². The third kappa shape index (κ3) is 2.30. The summed E-state index contributed by atoms with van der Waals surface area (Å²) in [5.41, 5.74) is 0.407. The number of aliphatic hydroxyl groups excluding tert-OH is 1. The van der Waals surface area contributed by atoms with Crippen LogP contribution in [0.15, 0.2) is 12.1 Å². The van der Waals surface area contributed by atoms with Gasteiger partial charge in [0.25, 0.3) is 0 Å². The van der Waals surface area contributed by atoms with Gasteiger partial charge in [-0.2, -0.15) is 0 Å². The molecule has 16 heavy (non-hydrogen) atoms. The fourth-order valence-corrected chi connectivity index (χ4v) is 1.41. The van der Waals surface area contributed by atoms with Crippen molar-refractivity contribution in [3.8, 4) is 5.75 Å². The first kappa shape index (κ1) is 12.4. The maximum absolute atomic E-state index is 13.4. The van der Waals surface area contributed by atoms with Crippen molar-refractivity contribution >= 4 is 5.97 Å². The SMILES string of the molecule is CCc1cc(C(O)C(=O)O)c(OC)cc1F. The lowest BCUT2D eigenvalue weighted by atomic mass is 10.0. The van der Waals surface area contributed by atoms with E-state index in [2.05, 4.69) is 0 Å². The molecule has 1 atom stereocenters. The number of rotatable bonds is 4. The Morgan fingerprint density at radius 3 is 2.62 bits per heavy atom.